The van der Waals surface area contributed by atoms with Crippen LogP contribution < -0.4 is 5.32 Å². The highest BCUT2D eigenvalue weighted by molar-refractivity contribution is 6.30. The number of oxazole rings is 1. The number of hydrogen-bond donors (Lipinski definition) is 1. The van der Waals surface area contributed by atoms with E-state index in [0.717, 1.165) is 5.56 Å². The number of aromatic nitrogens is 3. The normalized spacial score (nSPS) is 10.8. The van der Waals surface area contributed by atoms with Gasteiger partial charge in [0.15, 0.2) is 5.82 Å². The lowest BCUT2D eigenvalue weighted by molar-refractivity contribution is -0.120. The van der Waals surface area contributed by atoms with Gasteiger partial charge in [-0.15, -0.1) is 0 Å². The highest BCUT2D eigenvalue weighted by Gasteiger charge is 2.11. The van der Waals surface area contributed by atoms with E-state index in [-0.39, 0.29) is 12.3 Å². The molecule has 0 fully saturated rings. The molecule has 0 atom stereocenters. The number of hydrogen-bond acceptors (Lipinski definition) is 6. The van der Waals surface area contributed by atoms with Crippen molar-refractivity contribution in [2.75, 3.05) is 6.54 Å². The number of aryl methyl sites for hydroxylation is 1. The summed E-state index contributed by atoms with van der Waals surface area (Å²) in [6, 6.07) is 7.13. The van der Waals surface area contributed by atoms with E-state index >= 15 is 0 Å². The molecule has 3 aromatic rings. The van der Waals surface area contributed by atoms with Crippen LogP contribution in [0.15, 0.2) is 39.5 Å². The maximum atomic E-state index is 11.9. The SMILES string of the molecule is Cc1noc(CCNC(=O)Cc2coc(-c3ccc(Cl)cc3)n2)n1. The van der Waals surface area contributed by atoms with Gasteiger partial charge in [0.2, 0.25) is 17.7 Å². The van der Waals surface area contributed by atoms with E-state index in [9.17, 15) is 4.79 Å². The first-order valence-electron chi connectivity index (χ1n) is 7.36. The van der Waals surface area contributed by atoms with Gasteiger partial charge in [-0.1, -0.05) is 16.8 Å². The second kappa shape index (κ2) is 7.27. The van der Waals surface area contributed by atoms with Gasteiger partial charge in [-0.3, -0.25) is 4.79 Å². The molecule has 0 aliphatic rings. The van der Waals surface area contributed by atoms with Crippen LogP contribution in [-0.2, 0) is 17.6 Å². The van der Waals surface area contributed by atoms with Crippen molar-refractivity contribution < 1.29 is 13.7 Å². The number of amides is 1. The molecule has 1 amide bonds. The van der Waals surface area contributed by atoms with E-state index in [0.29, 0.717) is 41.3 Å². The Balaban J connectivity index is 1.50. The Labute approximate surface area is 143 Å². The van der Waals surface area contributed by atoms with Gasteiger partial charge in [0.25, 0.3) is 0 Å². The molecule has 0 saturated carbocycles. The number of halogens is 1. The second-order valence-corrected chi connectivity index (χ2v) is 5.60. The van der Waals surface area contributed by atoms with Crippen molar-refractivity contribution in [2.45, 2.75) is 19.8 Å². The topological polar surface area (TPSA) is 94.1 Å². The number of benzene rings is 1. The Morgan fingerprint density at radius 2 is 2.04 bits per heavy atom. The largest absolute Gasteiger partial charge is 0.444 e. The van der Waals surface area contributed by atoms with Crippen molar-refractivity contribution in [1.29, 1.82) is 0 Å². The van der Waals surface area contributed by atoms with Gasteiger partial charge < -0.3 is 14.3 Å². The summed E-state index contributed by atoms with van der Waals surface area (Å²) in [4.78, 5) is 20.3. The summed E-state index contributed by atoms with van der Waals surface area (Å²) < 4.78 is 10.4. The fourth-order valence-corrected chi connectivity index (χ4v) is 2.22. The van der Waals surface area contributed by atoms with Crippen molar-refractivity contribution in [1.82, 2.24) is 20.4 Å². The molecule has 3 rings (SSSR count). The van der Waals surface area contributed by atoms with Crippen molar-refractivity contribution in [2.24, 2.45) is 0 Å². The molecule has 124 valence electrons. The average Bonchev–Trinajstić information content (AvgIpc) is 3.17. The highest BCUT2D eigenvalue weighted by atomic mass is 35.5. The standard InChI is InChI=1S/C16H15ClN4O3/c1-10-19-15(24-21-10)6-7-18-14(22)8-13-9-23-16(20-13)11-2-4-12(17)5-3-11/h2-5,9H,6-8H2,1H3,(H,18,22). The van der Waals surface area contributed by atoms with Crippen LogP contribution in [0.4, 0.5) is 0 Å². The van der Waals surface area contributed by atoms with Gasteiger partial charge in [0, 0.05) is 23.6 Å². The minimum absolute atomic E-state index is 0.139. The molecule has 7 nitrogen and oxygen atoms in total. The lowest BCUT2D eigenvalue weighted by atomic mass is 10.2. The Bertz CT molecular complexity index is 826. The Morgan fingerprint density at radius 1 is 1.25 bits per heavy atom. The van der Waals surface area contributed by atoms with Gasteiger partial charge in [-0.2, -0.15) is 4.98 Å². The fraction of sp³-hybridized carbons (Fsp3) is 0.250. The third-order valence-corrected chi connectivity index (χ3v) is 3.47. The fourth-order valence-electron chi connectivity index (χ4n) is 2.09. The van der Waals surface area contributed by atoms with Crippen LogP contribution in [0.1, 0.15) is 17.4 Å². The smallest absolute Gasteiger partial charge is 0.228 e. The monoisotopic (exact) mass is 346 g/mol. The van der Waals surface area contributed by atoms with Gasteiger partial charge >= 0.3 is 0 Å². The molecule has 0 saturated heterocycles. The first-order chi connectivity index (χ1) is 11.6. The van der Waals surface area contributed by atoms with E-state index in [1.54, 1.807) is 19.1 Å². The first-order valence-corrected chi connectivity index (χ1v) is 7.74. The zero-order valence-electron chi connectivity index (χ0n) is 13.0. The molecule has 0 bridgehead atoms. The van der Waals surface area contributed by atoms with Crippen LogP contribution in [0.25, 0.3) is 11.5 Å². The van der Waals surface area contributed by atoms with Gasteiger partial charge in [-0.05, 0) is 31.2 Å². The lowest BCUT2D eigenvalue weighted by Gasteiger charge is -2.00. The van der Waals surface area contributed by atoms with Crippen LogP contribution in [0, 0.1) is 6.92 Å². The molecule has 0 unspecified atom stereocenters. The van der Waals surface area contributed by atoms with Crippen LogP contribution in [-0.4, -0.2) is 27.6 Å². The molecule has 1 N–H and O–H groups in total. The summed E-state index contributed by atoms with van der Waals surface area (Å²) in [6.07, 6.45) is 2.10. The summed E-state index contributed by atoms with van der Waals surface area (Å²) in [5.41, 5.74) is 1.36. The second-order valence-electron chi connectivity index (χ2n) is 5.16. The highest BCUT2D eigenvalue weighted by Crippen LogP contribution is 2.20. The Kier molecular flexibility index (Phi) is 4.90. The zero-order valence-corrected chi connectivity index (χ0v) is 13.7. The molecule has 24 heavy (non-hydrogen) atoms. The van der Waals surface area contributed by atoms with E-state index < -0.39 is 0 Å². The van der Waals surface area contributed by atoms with Crippen LogP contribution in [0.2, 0.25) is 5.02 Å². The molecular weight excluding hydrogens is 332 g/mol. The maximum Gasteiger partial charge on any atom is 0.228 e. The molecule has 0 aliphatic carbocycles. The number of carbonyl (C=O) groups is 1. The zero-order chi connectivity index (χ0) is 16.9. The number of rotatable bonds is 6. The average molecular weight is 347 g/mol. The third-order valence-electron chi connectivity index (χ3n) is 3.22. The summed E-state index contributed by atoms with van der Waals surface area (Å²) in [5.74, 6) is 1.38. The van der Waals surface area contributed by atoms with Gasteiger partial charge in [0.1, 0.15) is 6.26 Å². The van der Waals surface area contributed by atoms with Crippen molar-refractivity contribution >= 4 is 17.5 Å². The number of nitrogens with zero attached hydrogens (tertiary/aromatic N) is 3. The van der Waals surface area contributed by atoms with Crippen LogP contribution in [0.5, 0.6) is 0 Å². The lowest BCUT2D eigenvalue weighted by Crippen LogP contribution is -2.27. The maximum absolute atomic E-state index is 11.9. The van der Waals surface area contributed by atoms with Gasteiger partial charge in [0.05, 0.1) is 12.1 Å². The predicted molar refractivity (Wildman–Crippen MR) is 86.4 cm³/mol. The quantitative estimate of drug-likeness (QED) is 0.737. The predicted octanol–water partition coefficient (Wildman–Crippen LogP) is 2.59. The molecule has 0 radical (unpaired) electrons. The Hall–Kier alpha value is -2.67. The number of nitrogens with one attached hydrogen (secondary N) is 1. The number of carbonyl (C=O) groups excluding carboxylic acids is 1. The minimum Gasteiger partial charge on any atom is -0.444 e. The molecule has 2 heterocycles. The van der Waals surface area contributed by atoms with E-state index in [1.807, 2.05) is 12.1 Å². The van der Waals surface area contributed by atoms with Crippen LogP contribution >= 0.6 is 11.6 Å². The molecule has 0 aliphatic heterocycles. The molecule has 0 spiro atoms. The summed E-state index contributed by atoms with van der Waals surface area (Å²) in [6.45, 7) is 2.16. The molecular formula is C16H15ClN4O3. The summed E-state index contributed by atoms with van der Waals surface area (Å²) in [7, 11) is 0. The minimum atomic E-state index is -0.151. The Morgan fingerprint density at radius 3 is 2.75 bits per heavy atom. The molecule has 8 heteroatoms. The van der Waals surface area contributed by atoms with Crippen molar-refractivity contribution in [3.63, 3.8) is 0 Å². The summed E-state index contributed by atoms with van der Waals surface area (Å²) >= 11 is 5.85. The van der Waals surface area contributed by atoms with E-state index in [4.69, 9.17) is 20.5 Å². The molecule has 1 aromatic carbocycles. The third kappa shape index (κ3) is 4.20. The van der Waals surface area contributed by atoms with Crippen molar-refractivity contribution in [3.8, 4) is 11.5 Å². The van der Waals surface area contributed by atoms with Crippen LogP contribution in [0.3, 0.4) is 0 Å². The summed E-state index contributed by atoms with van der Waals surface area (Å²) in [5, 5.41) is 7.11. The molecule has 2 aromatic heterocycles. The van der Waals surface area contributed by atoms with E-state index in [1.165, 1.54) is 6.26 Å². The van der Waals surface area contributed by atoms with Gasteiger partial charge in [-0.25, -0.2) is 4.98 Å². The van der Waals surface area contributed by atoms with E-state index in [2.05, 4.69) is 20.4 Å². The van der Waals surface area contributed by atoms with Crippen molar-refractivity contribution in [3.05, 3.63) is 53.0 Å². The first kappa shape index (κ1) is 16.2.